The summed E-state index contributed by atoms with van der Waals surface area (Å²) in [6.45, 7) is 6.97. The average Bonchev–Trinajstić information content (AvgIpc) is 2.75. The summed E-state index contributed by atoms with van der Waals surface area (Å²) in [5.74, 6) is -0.0142. The molecule has 0 aromatic heterocycles. The average molecular weight is 468 g/mol. The maximum Gasteiger partial charge on any atom is 0.345 e. The number of carbonyl (C=O) groups is 1. The number of hydrogen-bond acceptors (Lipinski definition) is 6. The second-order valence-electron chi connectivity index (χ2n) is 8.22. The van der Waals surface area contributed by atoms with Crippen molar-refractivity contribution in [2.45, 2.75) is 124 Å². The van der Waals surface area contributed by atoms with Crippen molar-refractivity contribution >= 4 is 16.3 Å². The third-order valence-corrected chi connectivity index (χ3v) is 6.12. The molecule has 31 heavy (non-hydrogen) atoms. The third-order valence-electron chi connectivity index (χ3n) is 5.71. The Balaban J connectivity index is 0. The molecule has 0 fully saturated rings. The van der Waals surface area contributed by atoms with Gasteiger partial charge in [0.25, 0.3) is 0 Å². The first-order chi connectivity index (χ1) is 14.7. The molecule has 0 aliphatic heterocycles. The minimum absolute atomic E-state index is 0.0142. The number of hydroxylamine groups is 3. The van der Waals surface area contributed by atoms with Crippen molar-refractivity contribution in [3.05, 3.63) is 0 Å². The molecular weight excluding hydrogens is 418 g/mol. The maximum atomic E-state index is 12.0. The fourth-order valence-electron chi connectivity index (χ4n) is 3.43. The van der Waals surface area contributed by atoms with Crippen molar-refractivity contribution in [1.82, 2.24) is 0 Å². The summed E-state index contributed by atoms with van der Waals surface area (Å²) in [5.41, 5.74) is 0. The largest absolute Gasteiger partial charge is 0.726 e. The van der Waals surface area contributed by atoms with Gasteiger partial charge in [-0.05, 0) is 20.3 Å². The van der Waals surface area contributed by atoms with Crippen molar-refractivity contribution in [3.8, 4) is 0 Å². The fraction of sp³-hybridized carbons (Fsp3) is 0.957. The first-order valence-electron chi connectivity index (χ1n) is 12.3. The van der Waals surface area contributed by atoms with Crippen LogP contribution < -0.4 is 0 Å². The van der Waals surface area contributed by atoms with Crippen molar-refractivity contribution < 1.29 is 31.8 Å². The predicted molar refractivity (Wildman–Crippen MR) is 124 cm³/mol. The Bertz CT molecular complexity index is 506. The molecule has 0 spiro atoms. The Morgan fingerprint density at radius 3 is 1.29 bits per heavy atom. The standard InChI is InChI=1S/C22H46NO2.CH4O4S/c1-4-7-8-9-10-11-12-13-14-15-16-17-18-19-20-21-22(24)23(25,5-2)6-3;1-5-6(2,3)4/h25H,4-21H2,1-3H3;1H3,(H,2,3,4)/q+1;/p-1. The molecule has 0 unspecified atom stereocenters. The van der Waals surface area contributed by atoms with E-state index in [0.29, 0.717) is 19.5 Å². The van der Waals surface area contributed by atoms with E-state index < -0.39 is 15.0 Å². The molecule has 0 aromatic rings. The number of nitrogens with zero attached hydrogens (tertiary/aromatic N) is 1. The normalized spacial score (nSPS) is 11.8. The number of carbonyl (C=O) groups excluding carboxylic acids is 1. The number of unbranched alkanes of at least 4 members (excludes halogenated alkanes) is 14. The fourth-order valence-corrected chi connectivity index (χ4v) is 3.43. The Labute approximate surface area is 192 Å². The molecule has 8 heteroatoms. The molecule has 0 aromatic carbocycles. The van der Waals surface area contributed by atoms with Gasteiger partial charge in [0.05, 0.1) is 13.5 Å². The summed E-state index contributed by atoms with van der Waals surface area (Å²) in [6.07, 6.45) is 20.5. The molecule has 188 valence electrons. The van der Waals surface area contributed by atoms with Crippen LogP contribution in [-0.2, 0) is 19.4 Å². The minimum Gasteiger partial charge on any atom is -0.726 e. The van der Waals surface area contributed by atoms with E-state index in [0.717, 1.165) is 20.0 Å². The van der Waals surface area contributed by atoms with E-state index >= 15 is 0 Å². The number of hydrogen-bond donors (Lipinski definition) is 1. The van der Waals surface area contributed by atoms with Gasteiger partial charge >= 0.3 is 5.91 Å². The van der Waals surface area contributed by atoms with Crippen LogP contribution in [0.5, 0.6) is 0 Å². The third kappa shape index (κ3) is 22.4. The van der Waals surface area contributed by atoms with Gasteiger partial charge in [-0.15, -0.1) is 4.65 Å². The molecule has 0 atom stereocenters. The van der Waals surface area contributed by atoms with Crippen molar-refractivity contribution in [1.29, 1.82) is 0 Å². The molecule has 0 heterocycles. The van der Waals surface area contributed by atoms with Crippen LogP contribution in [0.3, 0.4) is 0 Å². The Hall–Kier alpha value is -0.540. The summed E-state index contributed by atoms with van der Waals surface area (Å²) in [4.78, 5) is 12.0. The summed E-state index contributed by atoms with van der Waals surface area (Å²) in [6, 6.07) is 0. The molecule has 0 radical (unpaired) electrons. The molecular formula is C23H49NO6S. The van der Waals surface area contributed by atoms with Crippen molar-refractivity contribution in [3.63, 3.8) is 0 Å². The lowest BCUT2D eigenvalue weighted by atomic mass is 10.0. The van der Waals surface area contributed by atoms with Crippen molar-refractivity contribution in [2.75, 3.05) is 20.2 Å². The van der Waals surface area contributed by atoms with Gasteiger partial charge in [0.15, 0.2) is 0 Å². The number of quaternary nitrogens is 1. The highest BCUT2D eigenvalue weighted by Gasteiger charge is 2.30. The lowest BCUT2D eigenvalue weighted by Gasteiger charge is -2.24. The van der Waals surface area contributed by atoms with E-state index in [2.05, 4.69) is 11.1 Å². The topological polar surface area (TPSA) is 104 Å². The molecule has 1 N–H and O–H groups in total. The van der Waals surface area contributed by atoms with Gasteiger partial charge in [0.2, 0.25) is 10.4 Å². The van der Waals surface area contributed by atoms with Crippen LogP contribution >= 0.6 is 0 Å². The monoisotopic (exact) mass is 467 g/mol. The van der Waals surface area contributed by atoms with E-state index in [1.54, 1.807) is 0 Å². The molecule has 7 nitrogen and oxygen atoms in total. The van der Waals surface area contributed by atoms with Crippen LogP contribution in [0.4, 0.5) is 0 Å². The van der Waals surface area contributed by atoms with Gasteiger partial charge < -0.3 is 4.55 Å². The SMILES string of the molecule is CCCCCCCCCCCCCCCCCC(=O)[N+](O)(CC)CC.COS(=O)(=O)[O-]. The van der Waals surface area contributed by atoms with Crippen LogP contribution in [-0.4, -0.2) is 48.9 Å². The molecule has 0 aliphatic carbocycles. The highest BCUT2D eigenvalue weighted by atomic mass is 32.3. The van der Waals surface area contributed by atoms with Crippen LogP contribution in [0.2, 0.25) is 0 Å². The summed E-state index contributed by atoms with van der Waals surface area (Å²) < 4.78 is 30.6. The van der Waals surface area contributed by atoms with Gasteiger partial charge in [0, 0.05) is 0 Å². The van der Waals surface area contributed by atoms with Crippen LogP contribution in [0.15, 0.2) is 0 Å². The maximum absolute atomic E-state index is 12.0. The highest BCUT2D eigenvalue weighted by Crippen LogP contribution is 2.14. The van der Waals surface area contributed by atoms with Gasteiger partial charge in [-0.2, -0.15) is 0 Å². The lowest BCUT2D eigenvalue weighted by Crippen LogP contribution is -2.49. The first kappa shape index (κ1) is 32.6. The quantitative estimate of drug-likeness (QED) is 0.0613. The molecule has 0 bridgehead atoms. The Kier molecular flexibility index (Phi) is 22.4. The van der Waals surface area contributed by atoms with Gasteiger partial charge in [0.1, 0.15) is 13.1 Å². The van der Waals surface area contributed by atoms with E-state index in [1.807, 2.05) is 13.8 Å². The van der Waals surface area contributed by atoms with Crippen LogP contribution in [0.1, 0.15) is 124 Å². The molecule has 0 rings (SSSR count). The second-order valence-corrected chi connectivity index (χ2v) is 9.37. The van der Waals surface area contributed by atoms with Gasteiger partial charge in [-0.25, -0.2) is 18.4 Å². The van der Waals surface area contributed by atoms with Crippen LogP contribution in [0.25, 0.3) is 0 Å². The number of amides is 1. The first-order valence-corrected chi connectivity index (χ1v) is 13.6. The predicted octanol–water partition coefficient (Wildman–Crippen LogP) is 6.11. The van der Waals surface area contributed by atoms with Crippen LogP contribution in [0, 0.1) is 0 Å². The Morgan fingerprint density at radius 2 is 1.03 bits per heavy atom. The smallest absolute Gasteiger partial charge is 0.345 e. The summed E-state index contributed by atoms with van der Waals surface area (Å²) in [7, 11) is -3.60. The molecule has 0 saturated heterocycles. The molecule has 0 aliphatic rings. The molecule has 0 saturated carbocycles. The summed E-state index contributed by atoms with van der Waals surface area (Å²) in [5, 5.41) is 10.1. The minimum atomic E-state index is -4.41. The highest BCUT2D eigenvalue weighted by molar-refractivity contribution is 7.80. The number of rotatable bonds is 19. The molecule has 1 amide bonds. The van der Waals surface area contributed by atoms with E-state index in [9.17, 15) is 23.0 Å². The van der Waals surface area contributed by atoms with E-state index in [4.69, 9.17) is 0 Å². The zero-order chi connectivity index (χ0) is 24.0. The van der Waals surface area contributed by atoms with Gasteiger partial charge in [-0.3, -0.25) is 4.18 Å². The van der Waals surface area contributed by atoms with Crippen molar-refractivity contribution in [2.24, 2.45) is 0 Å². The Morgan fingerprint density at radius 1 is 0.742 bits per heavy atom. The zero-order valence-electron chi connectivity index (χ0n) is 20.6. The lowest BCUT2D eigenvalue weighted by molar-refractivity contribution is -1.04. The van der Waals surface area contributed by atoms with E-state index in [1.165, 1.54) is 83.5 Å². The van der Waals surface area contributed by atoms with E-state index in [-0.39, 0.29) is 5.91 Å². The summed E-state index contributed by atoms with van der Waals surface area (Å²) >= 11 is 0. The second kappa shape index (κ2) is 21.3. The van der Waals surface area contributed by atoms with Gasteiger partial charge in [-0.1, -0.05) is 96.8 Å². The zero-order valence-corrected chi connectivity index (χ0v) is 21.4.